The Labute approximate surface area is 180 Å². The molecule has 3 heterocycles. The van der Waals surface area contributed by atoms with Crippen molar-refractivity contribution in [1.82, 2.24) is 14.9 Å². The lowest BCUT2D eigenvalue weighted by molar-refractivity contribution is 0.249. The van der Waals surface area contributed by atoms with Crippen LogP contribution in [0.3, 0.4) is 0 Å². The second-order valence-electron chi connectivity index (χ2n) is 7.50. The maximum atomic E-state index is 5.26. The molecule has 0 unspecified atom stereocenters. The molecule has 1 aliphatic rings. The average molecular weight is 417 g/mol. The Morgan fingerprint density at radius 3 is 2.43 bits per heavy atom. The Bertz CT molecular complexity index is 1120. The summed E-state index contributed by atoms with van der Waals surface area (Å²) in [5.41, 5.74) is 3.77. The van der Waals surface area contributed by atoms with Crippen molar-refractivity contribution in [2.75, 3.05) is 38.2 Å². The summed E-state index contributed by atoms with van der Waals surface area (Å²) in [5, 5.41) is 3.38. The highest BCUT2D eigenvalue weighted by Gasteiger charge is 2.22. The van der Waals surface area contributed by atoms with Gasteiger partial charge in [-0.3, -0.25) is 4.90 Å². The van der Waals surface area contributed by atoms with Crippen LogP contribution in [-0.2, 0) is 6.54 Å². The molecule has 0 saturated carbocycles. The Morgan fingerprint density at radius 1 is 0.933 bits per heavy atom. The molecule has 0 aliphatic carbocycles. The van der Waals surface area contributed by atoms with E-state index in [-0.39, 0.29) is 0 Å². The molecule has 4 aromatic rings. The van der Waals surface area contributed by atoms with Crippen LogP contribution in [0.1, 0.15) is 5.56 Å². The standard InChI is InChI=1S/C24H24N4OS/c1-29-20-9-7-18(8-10-20)15-27-11-13-28(14-12-27)23-22-21(19-5-3-2-4-6-19)16-30-24(22)26-17-25-23/h2-10,16-17H,11-15H2,1H3. The number of hydrogen-bond acceptors (Lipinski definition) is 6. The van der Waals surface area contributed by atoms with Gasteiger partial charge in [0.05, 0.1) is 12.5 Å². The maximum absolute atomic E-state index is 5.26. The van der Waals surface area contributed by atoms with E-state index in [9.17, 15) is 0 Å². The van der Waals surface area contributed by atoms with Crippen molar-refractivity contribution < 1.29 is 4.74 Å². The van der Waals surface area contributed by atoms with Crippen molar-refractivity contribution in [3.8, 4) is 16.9 Å². The molecule has 5 nitrogen and oxygen atoms in total. The summed E-state index contributed by atoms with van der Waals surface area (Å²) in [4.78, 5) is 15.2. The molecule has 30 heavy (non-hydrogen) atoms. The number of aromatic nitrogens is 2. The first-order chi connectivity index (χ1) is 14.8. The number of benzene rings is 2. The van der Waals surface area contributed by atoms with Crippen LogP contribution in [0.5, 0.6) is 5.75 Å². The number of fused-ring (bicyclic) bond motifs is 1. The van der Waals surface area contributed by atoms with Crippen LogP contribution in [-0.4, -0.2) is 48.2 Å². The van der Waals surface area contributed by atoms with Gasteiger partial charge in [0.2, 0.25) is 0 Å². The smallest absolute Gasteiger partial charge is 0.141 e. The number of anilines is 1. The fourth-order valence-electron chi connectivity index (χ4n) is 4.04. The average Bonchev–Trinajstić information content (AvgIpc) is 3.25. The normalized spacial score (nSPS) is 14.9. The summed E-state index contributed by atoms with van der Waals surface area (Å²) in [5.74, 6) is 1.96. The van der Waals surface area contributed by atoms with E-state index in [2.05, 4.69) is 62.6 Å². The molecule has 1 fully saturated rings. The minimum atomic E-state index is 0.904. The van der Waals surface area contributed by atoms with Gasteiger partial charge in [-0.2, -0.15) is 0 Å². The molecule has 0 N–H and O–H groups in total. The van der Waals surface area contributed by atoms with Crippen molar-refractivity contribution in [2.24, 2.45) is 0 Å². The lowest BCUT2D eigenvalue weighted by Gasteiger charge is -2.35. The zero-order chi connectivity index (χ0) is 20.3. The molecule has 0 bridgehead atoms. The number of rotatable bonds is 5. The van der Waals surface area contributed by atoms with Crippen LogP contribution in [0, 0.1) is 0 Å². The Balaban J connectivity index is 1.34. The molecule has 6 heteroatoms. The zero-order valence-corrected chi connectivity index (χ0v) is 17.8. The van der Waals surface area contributed by atoms with Gasteiger partial charge in [0.25, 0.3) is 0 Å². The van der Waals surface area contributed by atoms with Gasteiger partial charge in [-0.25, -0.2) is 9.97 Å². The third kappa shape index (κ3) is 3.76. The van der Waals surface area contributed by atoms with Crippen LogP contribution >= 0.6 is 11.3 Å². The summed E-state index contributed by atoms with van der Waals surface area (Å²) >= 11 is 1.69. The van der Waals surface area contributed by atoms with E-state index in [1.165, 1.54) is 22.1 Å². The number of piperazine rings is 1. The van der Waals surface area contributed by atoms with E-state index in [1.807, 2.05) is 12.1 Å². The summed E-state index contributed by atoms with van der Waals surface area (Å²) in [6, 6.07) is 18.9. The molecule has 0 spiro atoms. The first-order valence-electron chi connectivity index (χ1n) is 10.2. The molecular weight excluding hydrogens is 392 g/mol. The molecule has 2 aromatic carbocycles. The summed E-state index contributed by atoms with van der Waals surface area (Å²) in [7, 11) is 1.70. The lowest BCUT2D eigenvalue weighted by atomic mass is 10.1. The lowest BCUT2D eigenvalue weighted by Crippen LogP contribution is -2.46. The third-order valence-electron chi connectivity index (χ3n) is 5.67. The Morgan fingerprint density at radius 2 is 1.70 bits per heavy atom. The van der Waals surface area contributed by atoms with Crippen molar-refractivity contribution in [1.29, 1.82) is 0 Å². The van der Waals surface area contributed by atoms with Crippen molar-refractivity contribution >= 4 is 27.4 Å². The Kier molecular flexibility index (Phi) is 5.34. The highest BCUT2D eigenvalue weighted by molar-refractivity contribution is 7.17. The number of ether oxygens (including phenoxy) is 1. The molecule has 1 aliphatic heterocycles. The van der Waals surface area contributed by atoms with Gasteiger partial charge in [0, 0.05) is 43.7 Å². The topological polar surface area (TPSA) is 41.5 Å². The van der Waals surface area contributed by atoms with Gasteiger partial charge >= 0.3 is 0 Å². The highest BCUT2D eigenvalue weighted by atomic mass is 32.1. The second-order valence-corrected chi connectivity index (χ2v) is 8.36. The zero-order valence-electron chi connectivity index (χ0n) is 17.0. The fourth-order valence-corrected chi connectivity index (χ4v) is 4.95. The SMILES string of the molecule is COc1ccc(CN2CCN(c3ncnc4scc(-c5ccccc5)c34)CC2)cc1. The van der Waals surface area contributed by atoms with Crippen LogP contribution in [0.25, 0.3) is 21.3 Å². The van der Waals surface area contributed by atoms with Crippen LogP contribution in [0.4, 0.5) is 5.82 Å². The summed E-state index contributed by atoms with van der Waals surface area (Å²) in [6.07, 6.45) is 1.70. The van der Waals surface area contributed by atoms with E-state index in [4.69, 9.17) is 9.72 Å². The Hall–Kier alpha value is -2.96. The molecule has 0 amide bonds. The predicted octanol–water partition coefficient (Wildman–Crippen LogP) is 4.69. The highest BCUT2D eigenvalue weighted by Crippen LogP contribution is 2.38. The molecule has 0 radical (unpaired) electrons. The van der Waals surface area contributed by atoms with E-state index < -0.39 is 0 Å². The van der Waals surface area contributed by atoms with Gasteiger partial charge in [-0.1, -0.05) is 42.5 Å². The number of thiophene rings is 1. The van der Waals surface area contributed by atoms with Gasteiger partial charge in [0.15, 0.2) is 0 Å². The first-order valence-corrected chi connectivity index (χ1v) is 11.1. The minimum Gasteiger partial charge on any atom is -0.497 e. The van der Waals surface area contributed by atoms with E-state index in [1.54, 1.807) is 24.8 Å². The molecular formula is C24H24N4OS. The fraction of sp³-hybridized carbons (Fsp3) is 0.250. The largest absolute Gasteiger partial charge is 0.497 e. The van der Waals surface area contributed by atoms with Crippen molar-refractivity contribution in [3.63, 3.8) is 0 Å². The third-order valence-corrected chi connectivity index (χ3v) is 6.56. The van der Waals surface area contributed by atoms with E-state index in [0.29, 0.717) is 0 Å². The predicted molar refractivity (Wildman–Crippen MR) is 123 cm³/mol. The van der Waals surface area contributed by atoms with E-state index in [0.717, 1.165) is 49.1 Å². The van der Waals surface area contributed by atoms with Gasteiger partial charge < -0.3 is 9.64 Å². The number of nitrogens with zero attached hydrogens (tertiary/aromatic N) is 4. The van der Waals surface area contributed by atoms with Crippen LogP contribution in [0.15, 0.2) is 66.3 Å². The van der Waals surface area contributed by atoms with E-state index >= 15 is 0 Å². The minimum absolute atomic E-state index is 0.904. The van der Waals surface area contributed by atoms with Gasteiger partial charge in [-0.05, 0) is 23.3 Å². The monoisotopic (exact) mass is 416 g/mol. The second kappa shape index (κ2) is 8.42. The number of hydrogen-bond donors (Lipinski definition) is 0. The first kappa shape index (κ1) is 19.0. The van der Waals surface area contributed by atoms with Crippen LogP contribution in [0.2, 0.25) is 0 Å². The van der Waals surface area contributed by atoms with Crippen LogP contribution < -0.4 is 9.64 Å². The molecule has 0 atom stereocenters. The van der Waals surface area contributed by atoms with Gasteiger partial charge in [0.1, 0.15) is 22.7 Å². The maximum Gasteiger partial charge on any atom is 0.141 e. The molecule has 152 valence electrons. The molecule has 1 saturated heterocycles. The van der Waals surface area contributed by atoms with Gasteiger partial charge in [-0.15, -0.1) is 11.3 Å². The number of methoxy groups -OCH3 is 1. The molecule has 2 aromatic heterocycles. The quantitative estimate of drug-likeness (QED) is 0.472. The van der Waals surface area contributed by atoms with Crippen molar-refractivity contribution in [3.05, 3.63) is 71.9 Å². The summed E-state index contributed by atoms with van der Waals surface area (Å²) in [6.45, 7) is 4.92. The molecule has 5 rings (SSSR count). The van der Waals surface area contributed by atoms with Crippen molar-refractivity contribution in [2.45, 2.75) is 6.54 Å². The summed E-state index contributed by atoms with van der Waals surface area (Å²) < 4.78 is 5.26.